The summed E-state index contributed by atoms with van der Waals surface area (Å²) in [5, 5.41) is 0. The van der Waals surface area contributed by atoms with Gasteiger partial charge in [-0.05, 0) is 19.3 Å². The van der Waals surface area contributed by atoms with Crippen LogP contribution in [0.1, 0.15) is 44.9 Å². The molecule has 0 amide bonds. The standard InChI is InChI=1S/C12H25O2/c1-13-11-9-7-5-3-4-6-8-10-12-14-2/h3H,4-12H2,1-2H3. The van der Waals surface area contributed by atoms with Crippen LogP contribution in [0.3, 0.4) is 0 Å². The summed E-state index contributed by atoms with van der Waals surface area (Å²) in [6.07, 6.45) is 11.2. The van der Waals surface area contributed by atoms with Crippen LogP contribution in [0.5, 0.6) is 0 Å². The zero-order valence-corrected chi connectivity index (χ0v) is 9.76. The van der Waals surface area contributed by atoms with Crippen molar-refractivity contribution in [2.45, 2.75) is 44.9 Å². The fourth-order valence-corrected chi connectivity index (χ4v) is 1.39. The third-order valence-electron chi connectivity index (χ3n) is 2.26. The zero-order valence-electron chi connectivity index (χ0n) is 9.76. The lowest BCUT2D eigenvalue weighted by molar-refractivity contribution is 0.191. The van der Waals surface area contributed by atoms with Gasteiger partial charge in [-0.3, -0.25) is 0 Å². The molecule has 0 aromatic carbocycles. The Hall–Kier alpha value is -0.0800. The van der Waals surface area contributed by atoms with Gasteiger partial charge in [-0.25, -0.2) is 0 Å². The summed E-state index contributed by atoms with van der Waals surface area (Å²) in [5.74, 6) is 0. The van der Waals surface area contributed by atoms with Gasteiger partial charge in [0.1, 0.15) is 0 Å². The summed E-state index contributed by atoms with van der Waals surface area (Å²) in [6.45, 7) is 1.81. The fraction of sp³-hybridized carbons (Fsp3) is 0.917. The van der Waals surface area contributed by atoms with Gasteiger partial charge >= 0.3 is 0 Å². The predicted molar refractivity (Wildman–Crippen MR) is 60.4 cm³/mol. The molecular weight excluding hydrogens is 176 g/mol. The van der Waals surface area contributed by atoms with E-state index in [0.717, 1.165) is 13.2 Å². The van der Waals surface area contributed by atoms with Gasteiger partial charge < -0.3 is 9.47 Å². The molecule has 0 aromatic rings. The van der Waals surface area contributed by atoms with E-state index in [2.05, 4.69) is 6.42 Å². The van der Waals surface area contributed by atoms with Crippen LogP contribution in [-0.2, 0) is 9.47 Å². The molecule has 0 aliphatic heterocycles. The molecule has 0 atom stereocenters. The fourth-order valence-electron chi connectivity index (χ4n) is 1.39. The Labute approximate surface area is 89.0 Å². The van der Waals surface area contributed by atoms with E-state index in [1.54, 1.807) is 14.2 Å². The first-order valence-corrected chi connectivity index (χ1v) is 5.71. The van der Waals surface area contributed by atoms with Gasteiger partial charge in [0.2, 0.25) is 0 Å². The molecule has 14 heavy (non-hydrogen) atoms. The number of hydrogen-bond acceptors (Lipinski definition) is 2. The lowest BCUT2D eigenvalue weighted by Gasteiger charge is -2.01. The Bertz CT molecular complexity index is 82.3. The molecule has 0 fully saturated rings. The first kappa shape index (κ1) is 13.9. The highest BCUT2D eigenvalue weighted by Gasteiger charge is 1.92. The molecule has 0 unspecified atom stereocenters. The Morgan fingerprint density at radius 3 is 1.79 bits per heavy atom. The maximum absolute atomic E-state index is 4.99. The Morgan fingerprint density at radius 2 is 1.21 bits per heavy atom. The van der Waals surface area contributed by atoms with Crippen molar-refractivity contribution in [1.82, 2.24) is 0 Å². The second-order valence-electron chi connectivity index (χ2n) is 3.62. The molecular formula is C12H25O2. The number of unbranched alkanes of at least 4 members (excludes halogenated alkanes) is 7. The Morgan fingerprint density at radius 1 is 0.714 bits per heavy atom. The van der Waals surface area contributed by atoms with Crippen LogP contribution in [0.25, 0.3) is 0 Å². The second-order valence-corrected chi connectivity index (χ2v) is 3.62. The van der Waals surface area contributed by atoms with Crippen LogP contribution in [-0.4, -0.2) is 27.4 Å². The van der Waals surface area contributed by atoms with Crippen LogP contribution in [0, 0.1) is 6.42 Å². The molecule has 0 rings (SSSR count). The summed E-state index contributed by atoms with van der Waals surface area (Å²) in [4.78, 5) is 0. The third-order valence-corrected chi connectivity index (χ3v) is 2.26. The predicted octanol–water partition coefficient (Wildman–Crippen LogP) is 3.21. The zero-order chi connectivity index (χ0) is 10.5. The highest BCUT2D eigenvalue weighted by Crippen LogP contribution is 2.07. The van der Waals surface area contributed by atoms with E-state index in [-0.39, 0.29) is 0 Å². The summed E-state index contributed by atoms with van der Waals surface area (Å²) in [6, 6.07) is 0. The van der Waals surface area contributed by atoms with Crippen LogP contribution in [0.2, 0.25) is 0 Å². The minimum absolute atomic E-state index is 0.904. The number of hydrogen-bond donors (Lipinski definition) is 0. The largest absolute Gasteiger partial charge is 0.385 e. The van der Waals surface area contributed by atoms with Crippen LogP contribution in [0.15, 0.2) is 0 Å². The van der Waals surface area contributed by atoms with Crippen molar-refractivity contribution in [3.8, 4) is 0 Å². The van der Waals surface area contributed by atoms with Crippen molar-refractivity contribution in [3.05, 3.63) is 6.42 Å². The number of rotatable bonds is 11. The number of methoxy groups -OCH3 is 2. The first-order valence-electron chi connectivity index (χ1n) is 5.71. The molecule has 0 aromatic heterocycles. The minimum atomic E-state index is 0.904. The van der Waals surface area contributed by atoms with E-state index in [1.807, 2.05) is 0 Å². The second kappa shape index (κ2) is 12.9. The Kier molecular flexibility index (Phi) is 12.8. The van der Waals surface area contributed by atoms with E-state index in [4.69, 9.17) is 9.47 Å². The molecule has 0 aliphatic carbocycles. The van der Waals surface area contributed by atoms with Crippen LogP contribution < -0.4 is 0 Å². The van der Waals surface area contributed by atoms with Crippen LogP contribution in [0.4, 0.5) is 0 Å². The average Bonchev–Trinajstić information content (AvgIpc) is 2.21. The first-order chi connectivity index (χ1) is 6.91. The summed E-state index contributed by atoms with van der Waals surface area (Å²) in [5.41, 5.74) is 0. The SMILES string of the molecule is COCCCC[CH]CCCCCOC. The maximum atomic E-state index is 4.99. The molecule has 85 valence electrons. The summed E-state index contributed by atoms with van der Waals surface area (Å²) < 4.78 is 9.98. The van der Waals surface area contributed by atoms with Crippen LogP contribution >= 0.6 is 0 Å². The molecule has 0 saturated heterocycles. The lowest BCUT2D eigenvalue weighted by Crippen LogP contribution is -1.90. The van der Waals surface area contributed by atoms with E-state index in [1.165, 1.54) is 44.9 Å². The van der Waals surface area contributed by atoms with Crippen molar-refractivity contribution in [1.29, 1.82) is 0 Å². The van der Waals surface area contributed by atoms with E-state index >= 15 is 0 Å². The molecule has 0 spiro atoms. The third kappa shape index (κ3) is 11.9. The average molecular weight is 201 g/mol. The van der Waals surface area contributed by atoms with Gasteiger partial charge in [0.25, 0.3) is 0 Å². The monoisotopic (exact) mass is 201 g/mol. The highest BCUT2D eigenvalue weighted by atomic mass is 16.5. The van der Waals surface area contributed by atoms with Crippen molar-refractivity contribution < 1.29 is 9.47 Å². The molecule has 0 N–H and O–H groups in total. The maximum Gasteiger partial charge on any atom is 0.0462 e. The minimum Gasteiger partial charge on any atom is -0.385 e. The summed E-state index contributed by atoms with van der Waals surface area (Å²) >= 11 is 0. The highest BCUT2D eigenvalue weighted by molar-refractivity contribution is 4.64. The van der Waals surface area contributed by atoms with Gasteiger partial charge in [-0.1, -0.05) is 32.1 Å². The normalized spacial score (nSPS) is 10.7. The van der Waals surface area contributed by atoms with Gasteiger partial charge in [-0.15, -0.1) is 0 Å². The van der Waals surface area contributed by atoms with Crippen molar-refractivity contribution >= 4 is 0 Å². The molecule has 0 saturated carbocycles. The van der Waals surface area contributed by atoms with E-state index < -0.39 is 0 Å². The number of ether oxygens (including phenoxy) is 2. The van der Waals surface area contributed by atoms with Crippen molar-refractivity contribution in [2.75, 3.05) is 27.4 Å². The topological polar surface area (TPSA) is 18.5 Å². The van der Waals surface area contributed by atoms with Gasteiger partial charge in [0, 0.05) is 27.4 Å². The quantitative estimate of drug-likeness (QED) is 0.478. The van der Waals surface area contributed by atoms with Gasteiger partial charge in [0.05, 0.1) is 0 Å². The van der Waals surface area contributed by atoms with Crippen molar-refractivity contribution in [2.24, 2.45) is 0 Å². The lowest BCUT2D eigenvalue weighted by atomic mass is 10.1. The molecule has 0 bridgehead atoms. The molecule has 1 radical (unpaired) electrons. The Balaban J connectivity index is 2.78. The smallest absolute Gasteiger partial charge is 0.0462 e. The molecule has 2 nitrogen and oxygen atoms in total. The summed E-state index contributed by atoms with van der Waals surface area (Å²) in [7, 11) is 3.53. The van der Waals surface area contributed by atoms with E-state index in [0.29, 0.717) is 0 Å². The van der Waals surface area contributed by atoms with Gasteiger partial charge in [0.15, 0.2) is 0 Å². The molecule has 0 heterocycles. The molecule has 0 aliphatic rings. The van der Waals surface area contributed by atoms with E-state index in [9.17, 15) is 0 Å². The molecule has 2 heteroatoms. The van der Waals surface area contributed by atoms with Crippen molar-refractivity contribution in [3.63, 3.8) is 0 Å². The van der Waals surface area contributed by atoms with Gasteiger partial charge in [-0.2, -0.15) is 0 Å².